The fourth-order valence-electron chi connectivity index (χ4n) is 2.20. The molecule has 1 aromatic rings. The lowest BCUT2D eigenvalue weighted by Crippen LogP contribution is -2.19. The van der Waals surface area contributed by atoms with Gasteiger partial charge < -0.3 is 0 Å². The molecule has 0 saturated carbocycles. The van der Waals surface area contributed by atoms with E-state index in [4.69, 9.17) is 0 Å². The molecule has 0 spiro atoms. The van der Waals surface area contributed by atoms with Crippen LogP contribution < -0.4 is 5.32 Å². The molecule has 1 atom stereocenters. The highest BCUT2D eigenvalue weighted by atomic mass is 32.2. The van der Waals surface area contributed by atoms with Crippen molar-refractivity contribution in [2.24, 2.45) is 0 Å². The minimum absolute atomic E-state index is 0.256. The molecule has 3 rings (SSSR count). The maximum Gasteiger partial charge on any atom is 0.290 e. The number of hydrogen-bond acceptors (Lipinski definition) is 4. The summed E-state index contributed by atoms with van der Waals surface area (Å²) in [7, 11) is 0. The summed E-state index contributed by atoms with van der Waals surface area (Å²) in [6, 6.07) is 8.05. The van der Waals surface area contributed by atoms with E-state index in [1.807, 2.05) is 30.0 Å². The Bertz CT molecular complexity index is 580. The number of allylic oxidation sites excluding steroid dienone is 1. The lowest BCUT2D eigenvalue weighted by Gasteiger charge is -2.24. The predicted molar refractivity (Wildman–Crippen MR) is 74.4 cm³/mol. The first kappa shape index (κ1) is 11.9. The van der Waals surface area contributed by atoms with E-state index in [2.05, 4.69) is 18.3 Å². The summed E-state index contributed by atoms with van der Waals surface area (Å²) < 4.78 is 0. The second-order valence-corrected chi connectivity index (χ2v) is 6.74. The molecule has 2 aliphatic heterocycles. The van der Waals surface area contributed by atoms with Gasteiger partial charge in [0.2, 0.25) is 0 Å². The maximum atomic E-state index is 11.8. The average Bonchev–Trinajstić information content (AvgIpc) is 2.67. The van der Waals surface area contributed by atoms with Crippen molar-refractivity contribution in [2.45, 2.75) is 23.5 Å². The zero-order valence-corrected chi connectivity index (χ0v) is 11.4. The van der Waals surface area contributed by atoms with Crippen LogP contribution in [0.25, 0.3) is 5.57 Å². The van der Waals surface area contributed by atoms with Gasteiger partial charge >= 0.3 is 0 Å². The van der Waals surface area contributed by atoms with Crippen LogP contribution in [0.2, 0.25) is 0 Å². The fraction of sp³-hybridized carbons (Fsp3) is 0.231. The third kappa shape index (κ3) is 1.97. The summed E-state index contributed by atoms with van der Waals surface area (Å²) in [5.41, 5.74) is 2.10. The second-order valence-electron chi connectivity index (χ2n) is 4.28. The Kier molecular flexibility index (Phi) is 2.95. The molecular weight excluding hydrogens is 266 g/mol. The third-order valence-corrected chi connectivity index (χ3v) is 5.02. The highest BCUT2D eigenvalue weighted by molar-refractivity contribution is 8.18. The first-order valence-corrected chi connectivity index (χ1v) is 7.37. The number of benzene rings is 1. The van der Waals surface area contributed by atoms with Crippen molar-refractivity contribution in [3.63, 3.8) is 0 Å². The molecular formula is C13H11NO2S2. The quantitative estimate of drug-likeness (QED) is 0.739. The summed E-state index contributed by atoms with van der Waals surface area (Å²) in [5.74, 6) is -0.256. The minimum Gasteiger partial charge on any atom is -0.282 e. The van der Waals surface area contributed by atoms with Crippen LogP contribution in [0, 0.1) is 0 Å². The van der Waals surface area contributed by atoms with Crippen LogP contribution in [0.5, 0.6) is 0 Å². The number of fused-ring (bicyclic) bond motifs is 1. The van der Waals surface area contributed by atoms with Crippen molar-refractivity contribution in [1.29, 1.82) is 0 Å². The fourth-order valence-corrected chi connectivity index (χ4v) is 4.15. The van der Waals surface area contributed by atoms with Gasteiger partial charge in [-0.1, -0.05) is 25.1 Å². The summed E-state index contributed by atoms with van der Waals surface area (Å²) >= 11 is 2.83. The Morgan fingerprint density at radius 2 is 2.06 bits per heavy atom. The summed E-state index contributed by atoms with van der Waals surface area (Å²) in [4.78, 5) is 24.8. The summed E-state index contributed by atoms with van der Waals surface area (Å²) in [5, 5.41) is 2.48. The normalized spacial score (nSPS) is 27.1. The van der Waals surface area contributed by atoms with E-state index in [-0.39, 0.29) is 11.1 Å². The van der Waals surface area contributed by atoms with Crippen molar-refractivity contribution in [2.75, 3.05) is 0 Å². The van der Waals surface area contributed by atoms with Crippen LogP contribution in [0.1, 0.15) is 18.9 Å². The molecule has 1 unspecified atom stereocenters. The zero-order valence-electron chi connectivity index (χ0n) is 9.73. The van der Waals surface area contributed by atoms with Gasteiger partial charge in [0.15, 0.2) is 0 Å². The van der Waals surface area contributed by atoms with Gasteiger partial charge in [-0.05, 0) is 35.4 Å². The van der Waals surface area contributed by atoms with Crippen LogP contribution in [0.3, 0.4) is 0 Å². The number of carbonyl (C=O) groups is 2. The molecule has 18 heavy (non-hydrogen) atoms. The molecule has 0 bridgehead atoms. The topological polar surface area (TPSA) is 46.2 Å². The SMILES string of the molecule is CC1CC(=C2SC(=O)NC2=O)c2ccccc2S1. The Morgan fingerprint density at radius 3 is 2.78 bits per heavy atom. The van der Waals surface area contributed by atoms with Crippen molar-refractivity contribution in [3.8, 4) is 0 Å². The van der Waals surface area contributed by atoms with Gasteiger partial charge in [-0.3, -0.25) is 14.9 Å². The van der Waals surface area contributed by atoms with Crippen LogP contribution in [0.15, 0.2) is 34.1 Å². The highest BCUT2D eigenvalue weighted by Gasteiger charge is 2.32. The Balaban J connectivity index is 2.16. The number of amides is 2. The summed E-state index contributed by atoms with van der Waals surface area (Å²) in [6.45, 7) is 2.14. The van der Waals surface area contributed by atoms with Gasteiger partial charge in [-0.2, -0.15) is 0 Å². The van der Waals surface area contributed by atoms with E-state index in [0.717, 1.165) is 29.3 Å². The van der Waals surface area contributed by atoms with Gasteiger partial charge in [0.1, 0.15) is 0 Å². The zero-order chi connectivity index (χ0) is 12.7. The first-order chi connectivity index (χ1) is 8.65. The monoisotopic (exact) mass is 277 g/mol. The molecule has 5 heteroatoms. The number of rotatable bonds is 0. The van der Waals surface area contributed by atoms with E-state index in [0.29, 0.717) is 10.2 Å². The minimum atomic E-state index is -0.272. The van der Waals surface area contributed by atoms with Crippen LogP contribution in [-0.2, 0) is 4.79 Å². The molecule has 1 saturated heterocycles. The predicted octanol–water partition coefficient (Wildman–Crippen LogP) is 3.27. The van der Waals surface area contributed by atoms with E-state index in [9.17, 15) is 9.59 Å². The molecule has 0 radical (unpaired) electrons. The van der Waals surface area contributed by atoms with E-state index in [1.54, 1.807) is 0 Å². The molecule has 2 heterocycles. The Labute approximate surface area is 113 Å². The van der Waals surface area contributed by atoms with Crippen LogP contribution in [-0.4, -0.2) is 16.4 Å². The largest absolute Gasteiger partial charge is 0.290 e. The number of carbonyl (C=O) groups excluding carboxylic acids is 2. The van der Waals surface area contributed by atoms with Gasteiger partial charge in [0.25, 0.3) is 11.1 Å². The van der Waals surface area contributed by atoms with Gasteiger partial charge in [-0.15, -0.1) is 11.8 Å². The molecule has 0 aliphatic carbocycles. The number of imide groups is 1. The van der Waals surface area contributed by atoms with Crippen molar-refractivity contribution < 1.29 is 9.59 Å². The summed E-state index contributed by atoms with van der Waals surface area (Å²) in [6.07, 6.45) is 0.824. The van der Waals surface area contributed by atoms with Crippen molar-refractivity contribution in [1.82, 2.24) is 5.32 Å². The number of hydrogen-bond donors (Lipinski definition) is 1. The molecule has 1 aromatic carbocycles. The molecule has 1 fully saturated rings. The molecule has 2 aliphatic rings. The van der Waals surface area contributed by atoms with Crippen LogP contribution >= 0.6 is 23.5 Å². The first-order valence-electron chi connectivity index (χ1n) is 5.67. The lowest BCUT2D eigenvalue weighted by molar-refractivity contribution is -0.115. The lowest BCUT2D eigenvalue weighted by atomic mass is 9.99. The van der Waals surface area contributed by atoms with E-state index < -0.39 is 0 Å². The van der Waals surface area contributed by atoms with Crippen LogP contribution in [0.4, 0.5) is 4.79 Å². The van der Waals surface area contributed by atoms with Crippen molar-refractivity contribution >= 4 is 40.2 Å². The van der Waals surface area contributed by atoms with E-state index in [1.165, 1.54) is 4.90 Å². The van der Waals surface area contributed by atoms with Gasteiger partial charge in [-0.25, -0.2) is 0 Å². The molecule has 3 nitrogen and oxygen atoms in total. The molecule has 92 valence electrons. The highest BCUT2D eigenvalue weighted by Crippen LogP contribution is 2.45. The molecule has 0 aromatic heterocycles. The van der Waals surface area contributed by atoms with Gasteiger partial charge in [0.05, 0.1) is 4.91 Å². The standard InChI is InChI=1S/C13H11NO2S2/c1-7-6-9(11-12(15)14-13(16)18-11)8-4-2-3-5-10(8)17-7/h2-5,7H,6H2,1H3,(H,14,15,16). The number of nitrogens with one attached hydrogen (secondary N) is 1. The third-order valence-electron chi connectivity index (χ3n) is 2.92. The Morgan fingerprint density at radius 1 is 1.28 bits per heavy atom. The average molecular weight is 277 g/mol. The second kappa shape index (κ2) is 4.48. The van der Waals surface area contributed by atoms with Crippen molar-refractivity contribution in [3.05, 3.63) is 34.7 Å². The Hall–Kier alpha value is -1.20. The smallest absolute Gasteiger partial charge is 0.282 e. The molecule has 2 amide bonds. The maximum absolute atomic E-state index is 11.8. The van der Waals surface area contributed by atoms with E-state index >= 15 is 0 Å². The number of thioether (sulfide) groups is 2. The van der Waals surface area contributed by atoms with Gasteiger partial charge in [0, 0.05) is 10.1 Å². The molecule has 1 N–H and O–H groups in total.